The summed E-state index contributed by atoms with van der Waals surface area (Å²) < 4.78 is 0. The van der Waals surface area contributed by atoms with Crippen molar-refractivity contribution in [2.45, 2.75) is 63.9 Å². The van der Waals surface area contributed by atoms with Gasteiger partial charge in [0.1, 0.15) is 0 Å². The number of hydrogen-bond acceptors (Lipinski definition) is 1. The number of rotatable bonds is 4. The van der Waals surface area contributed by atoms with Gasteiger partial charge in [-0.15, -0.1) is 0 Å². The Bertz CT molecular complexity index is 602. The summed E-state index contributed by atoms with van der Waals surface area (Å²) in [5.41, 5.74) is 2.90. The van der Waals surface area contributed by atoms with Crippen molar-refractivity contribution in [3.8, 4) is 0 Å². The van der Waals surface area contributed by atoms with Gasteiger partial charge in [0.25, 0.3) is 0 Å². The highest BCUT2D eigenvalue weighted by Crippen LogP contribution is 2.39. The molecular formula is C20H26O. The average molecular weight is 282 g/mol. The van der Waals surface area contributed by atoms with E-state index in [4.69, 9.17) is 0 Å². The summed E-state index contributed by atoms with van der Waals surface area (Å²) in [6.07, 6.45) is 7.94. The molecule has 0 aliphatic heterocycles. The smallest absolute Gasteiger partial charge is 0.0609 e. The molecule has 1 N–H and O–H groups in total. The Hall–Kier alpha value is -1.34. The van der Waals surface area contributed by atoms with E-state index in [1.54, 1.807) is 0 Å². The lowest BCUT2D eigenvalue weighted by molar-refractivity contribution is 0.106. The highest BCUT2D eigenvalue weighted by atomic mass is 16.3. The van der Waals surface area contributed by atoms with Gasteiger partial charge < -0.3 is 5.11 Å². The SMILES string of the molecule is CCCCc1ccc2ccccc2c1[C@H]1CCCC[C@H]1O. The molecule has 1 saturated carbocycles. The van der Waals surface area contributed by atoms with Gasteiger partial charge in [0.2, 0.25) is 0 Å². The number of hydrogen-bond donors (Lipinski definition) is 1. The van der Waals surface area contributed by atoms with Crippen LogP contribution in [0.15, 0.2) is 36.4 Å². The maximum Gasteiger partial charge on any atom is 0.0609 e. The van der Waals surface area contributed by atoms with Crippen molar-refractivity contribution in [3.05, 3.63) is 47.5 Å². The Morgan fingerprint density at radius 1 is 1.05 bits per heavy atom. The Morgan fingerprint density at radius 2 is 1.86 bits per heavy atom. The minimum absolute atomic E-state index is 0.162. The first kappa shape index (κ1) is 14.6. The summed E-state index contributed by atoms with van der Waals surface area (Å²) in [6.45, 7) is 2.25. The predicted molar refractivity (Wildman–Crippen MR) is 89.8 cm³/mol. The van der Waals surface area contributed by atoms with Crippen molar-refractivity contribution in [2.24, 2.45) is 0 Å². The highest BCUT2D eigenvalue weighted by Gasteiger charge is 2.27. The standard InChI is InChI=1S/C20H26O/c1-2-3-8-16-14-13-15-9-4-5-10-17(15)20(16)18-11-6-7-12-19(18)21/h4-5,9-10,13-14,18-19,21H,2-3,6-8,11-12H2,1H3/t18-,19+/m0/s1. The zero-order valence-electron chi connectivity index (χ0n) is 13.0. The molecule has 1 nitrogen and oxygen atoms in total. The average Bonchev–Trinajstić information content (AvgIpc) is 2.53. The third-order valence-corrected chi connectivity index (χ3v) is 4.96. The lowest BCUT2D eigenvalue weighted by Gasteiger charge is -2.30. The van der Waals surface area contributed by atoms with Crippen LogP contribution in [-0.4, -0.2) is 11.2 Å². The molecule has 0 amide bonds. The van der Waals surface area contributed by atoms with E-state index in [9.17, 15) is 5.11 Å². The summed E-state index contributed by atoms with van der Waals surface area (Å²) in [7, 11) is 0. The van der Waals surface area contributed by atoms with Crippen LogP contribution in [-0.2, 0) is 6.42 Å². The Labute approximate surface area is 128 Å². The second-order valence-electron chi connectivity index (χ2n) is 6.42. The molecule has 21 heavy (non-hydrogen) atoms. The van der Waals surface area contributed by atoms with Crippen molar-refractivity contribution in [1.82, 2.24) is 0 Å². The van der Waals surface area contributed by atoms with Crippen LogP contribution in [0, 0.1) is 0 Å². The van der Waals surface area contributed by atoms with Gasteiger partial charge in [-0.05, 0) is 47.6 Å². The van der Waals surface area contributed by atoms with Gasteiger partial charge in [-0.3, -0.25) is 0 Å². The van der Waals surface area contributed by atoms with E-state index in [1.165, 1.54) is 47.6 Å². The molecule has 0 radical (unpaired) electrons. The fraction of sp³-hybridized carbons (Fsp3) is 0.500. The molecule has 1 aliphatic carbocycles. The lowest BCUT2D eigenvalue weighted by atomic mass is 9.77. The maximum absolute atomic E-state index is 10.5. The van der Waals surface area contributed by atoms with Crippen molar-refractivity contribution in [1.29, 1.82) is 0 Å². The maximum atomic E-state index is 10.5. The molecule has 0 heterocycles. The quantitative estimate of drug-likeness (QED) is 0.817. The third kappa shape index (κ3) is 2.98. The molecule has 2 aromatic rings. The van der Waals surface area contributed by atoms with Crippen LogP contribution in [0.25, 0.3) is 10.8 Å². The van der Waals surface area contributed by atoms with Crippen LogP contribution in [0.2, 0.25) is 0 Å². The fourth-order valence-corrected chi connectivity index (χ4v) is 3.81. The molecule has 0 unspecified atom stereocenters. The zero-order chi connectivity index (χ0) is 14.7. The van der Waals surface area contributed by atoms with Crippen LogP contribution in [0.4, 0.5) is 0 Å². The van der Waals surface area contributed by atoms with Gasteiger partial charge in [0, 0.05) is 5.92 Å². The topological polar surface area (TPSA) is 20.2 Å². The molecule has 1 heteroatoms. The monoisotopic (exact) mass is 282 g/mol. The molecule has 2 atom stereocenters. The molecular weight excluding hydrogens is 256 g/mol. The van der Waals surface area contributed by atoms with Crippen LogP contribution >= 0.6 is 0 Å². The second-order valence-corrected chi connectivity index (χ2v) is 6.42. The third-order valence-electron chi connectivity index (χ3n) is 4.96. The molecule has 1 fully saturated rings. The lowest BCUT2D eigenvalue weighted by Crippen LogP contribution is -2.23. The van der Waals surface area contributed by atoms with E-state index in [2.05, 4.69) is 43.3 Å². The number of unbranched alkanes of at least 4 members (excludes halogenated alkanes) is 1. The minimum Gasteiger partial charge on any atom is -0.392 e. The summed E-state index contributed by atoms with van der Waals surface area (Å²) in [5.74, 6) is 0.330. The largest absolute Gasteiger partial charge is 0.392 e. The summed E-state index contributed by atoms with van der Waals surface area (Å²) in [4.78, 5) is 0. The first-order valence-electron chi connectivity index (χ1n) is 8.50. The Morgan fingerprint density at radius 3 is 2.67 bits per heavy atom. The Balaban J connectivity index is 2.10. The normalized spacial score (nSPS) is 22.6. The highest BCUT2D eigenvalue weighted by molar-refractivity contribution is 5.87. The van der Waals surface area contributed by atoms with E-state index in [-0.39, 0.29) is 6.10 Å². The van der Waals surface area contributed by atoms with Gasteiger partial charge in [0.05, 0.1) is 6.10 Å². The minimum atomic E-state index is -0.162. The molecule has 0 aromatic heterocycles. The van der Waals surface area contributed by atoms with Crippen molar-refractivity contribution in [3.63, 3.8) is 0 Å². The van der Waals surface area contributed by atoms with E-state index in [1.807, 2.05) is 0 Å². The number of aryl methyl sites for hydroxylation is 1. The first-order chi connectivity index (χ1) is 10.3. The number of aliphatic hydroxyl groups excluding tert-OH is 1. The van der Waals surface area contributed by atoms with Crippen LogP contribution < -0.4 is 0 Å². The summed E-state index contributed by atoms with van der Waals surface area (Å²) in [5, 5.41) is 13.2. The molecule has 1 aliphatic rings. The molecule has 3 rings (SSSR count). The van der Waals surface area contributed by atoms with Crippen LogP contribution in [0.1, 0.15) is 62.5 Å². The van der Waals surface area contributed by atoms with E-state index in [0.29, 0.717) is 5.92 Å². The van der Waals surface area contributed by atoms with Gasteiger partial charge >= 0.3 is 0 Å². The second kappa shape index (κ2) is 6.62. The number of aliphatic hydroxyl groups is 1. The fourth-order valence-electron chi connectivity index (χ4n) is 3.81. The molecule has 112 valence electrons. The number of fused-ring (bicyclic) bond motifs is 1. The van der Waals surface area contributed by atoms with E-state index in [0.717, 1.165) is 19.3 Å². The summed E-state index contributed by atoms with van der Waals surface area (Å²) >= 11 is 0. The molecule has 0 bridgehead atoms. The van der Waals surface area contributed by atoms with E-state index < -0.39 is 0 Å². The van der Waals surface area contributed by atoms with Crippen molar-refractivity contribution < 1.29 is 5.11 Å². The Kier molecular flexibility index (Phi) is 4.60. The van der Waals surface area contributed by atoms with Gasteiger partial charge in [0.15, 0.2) is 0 Å². The van der Waals surface area contributed by atoms with Crippen LogP contribution in [0.5, 0.6) is 0 Å². The summed E-state index contributed by atoms with van der Waals surface area (Å²) in [6, 6.07) is 13.2. The van der Waals surface area contributed by atoms with Gasteiger partial charge in [-0.2, -0.15) is 0 Å². The molecule has 0 spiro atoms. The predicted octanol–water partition coefficient (Wildman–Crippen LogP) is 5.20. The van der Waals surface area contributed by atoms with Gasteiger partial charge in [-0.1, -0.05) is 62.6 Å². The molecule has 0 saturated heterocycles. The van der Waals surface area contributed by atoms with Crippen molar-refractivity contribution in [2.75, 3.05) is 0 Å². The van der Waals surface area contributed by atoms with Gasteiger partial charge in [-0.25, -0.2) is 0 Å². The molecule has 2 aromatic carbocycles. The number of benzene rings is 2. The van der Waals surface area contributed by atoms with Crippen molar-refractivity contribution >= 4 is 10.8 Å². The zero-order valence-corrected chi connectivity index (χ0v) is 13.0. The van der Waals surface area contributed by atoms with Crippen LogP contribution in [0.3, 0.4) is 0 Å². The first-order valence-corrected chi connectivity index (χ1v) is 8.50. The van der Waals surface area contributed by atoms with E-state index >= 15 is 0 Å².